The number of fused-ring (bicyclic) bond motifs is 1. The number of hydrogen-bond acceptors (Lipinski definition) is 3. The molecule has 2 amide bonds. The van der Waals surface area contributed by atoms with Crippen molar-refractivity contribution in [3.63, 3.8) is 0 Å². The number of benzene rings is 1. The van der Waals surface area contributed by atoms with Crippen LogP contribution in [0, 0.1) is 5.92 Å². The molecule has 0 unspecified atom stereocenters. The predicted molar refractivity (Wildman–Crippen MR) is 130 cm³/mol. The highest BCUT2D eigenvalue weighted by molar-refractivity contribution is 5.79. The lowest BCUT2D eigenvalue weighted by Crippen LogP contribution is -2.70. The minimum Gasteiger partial charge on any atom is -0.443 e. The molecule has 1 aromatic rings. The van der Waals surface area contributed by atoms with Crippen molar-refractivity contribution in [3.05, 3.63) is 35.4 Å². The monoisotopic (exact) mass is 676 g/mol. The van der Waals surface area contributed by atoms with Crippen molar-refractivity contribution >= 4 is 12.0 Å². The maximum absolute atomic E-state index is 14.2. The molecule has 2 heterocycles. The number of carbonyl (C=O) groups is 2. The largest absolute Gasteiger partial charge is 0.460 e. The molecule has 0 bridgehead atoms. The van der Waals surface area contributed by atoms with Crippen molar-refractivity contribution in [1.29, 1.82) is 0 Å². The molecule has 0 aliphatic carbocycles. The summed E-state index contributed by atoms with van der Waals surface area (Å²) in [5.74, 6) is -37.9. The molecular weight excluding hydrogens is 647 g/mol. The summed E-state index contributed by atoms with van der Waals surface area (Å²) in [4.78, 5) is 28.4. The lowest BCUT2D eigenvalue weighted by molar-refractivity contribution is -0.440. The van der Waals surface area contributed by atoms with Crippen molar-refractivity contribution in [2.45, 2.75) is 93.9 Å². The SMILES string of the molecule is CC(C)(CCC(F)(F)C(F)(F)C(F)(F)C(F)(F)C(F)(F)C(F)(F)F)OC(=O)N1CCC(C(=O)N2CCc3ccccc3C2)CC1. The molecule has 3 rings (SSSR count). The first kappa shape index (κ1) is 36.5. The Bertz CT molecular complexity index is 1240. The van der Waals surface area contributed by atoms with E-state index in [1.807, 2.05) is 24.3 Å². The van der Waals surface area contributed by atoms with E-state index in [4.69, 9.17) is 4.74 Å². The number of carbonyl (C=O) groups excluding carboxylic acids is 2. The Morgan fingerprint density at radius 1 is 0.711 bits per heavy atom. The number of amides is 2. The van der Waals surface area contributed by atoms with Gasteiger partial charge in [0.05, 0.1) is 0 Å². The van der Waals surface area contributed by atoms with Crippen LogP contribution in [0.5, 0.6) is 0 Å². The molecule has 0 aromatic heterocycles. The maximum atomic E-state index is 14.2. The number of alkyl halides is 13. The molecule has 2 aliphatic rings. The first-order valence-electron chi connectivity index (χ1n) is 13.6. The average Bonchev–Trinajstić information content (AvgIpc) is 2.94. The minimum absolute atomic E-state index is 0.0430. The highest BCUT2D eigenvalue weighted by Crippen LogP contribution is 2.61. The van der Waals surface area contributed by atoms with Gasteiger partial charge < -0.3 is 14.5 Å². The van der Waals surface area contributed by atoms with Gasteiger partial charge in [-0.05, 0) is 50.7 Å². The first-order chi connectivity index (χ1) is 20.3. The lowest BCUT2D eigenvalue weighted by Gasteiger charge is -2.40. The Morgan fingerprint density at radius 3 is 1.76 bits per heavy atom. The molecule has 0 spiro atoms. The number of piperidine rings is 1. The summed E-state index contributed by atoms with van der Waals surface area (Å²) in [6.07, 6.45) is -11.5. The van der Waals surface area contributed by atoms with Gasteiger partial charge in [-0.1, -0.05) is 24.3 Å². The fourth-order valence-corrected chi connectivity index (χ4v) is 5.02. The molecule has 45 heavy (non-hydrogen) atoms. The number of ether oxygens (including phenoxy) is 1. The topological polar surface area (TPSA) is 49.9 Å². The number of rotatable bonds is 9. The Morgan fingerprint density at radius 2 is 1.22 bits per heavy atom. The number of likely N-dealkylation sites (tertiary alicyclic amines) is 1. The van der Waals surface area contributed by atoms with Crippen molar-refractivity contribution < 1.29 is 71.4 Å². The van der Waals surface area contributed by atoms with E-state index >= 15 is 0 Å². The summed E-state index contributed by atoms with van der Waals surface area (Å²) in [6, 6.07) is 7.60. The number of hydrogen-bond donors (Lipinski definition) is 0. The molecule has 18 heteroatoms. The third-order valence-electron chi connectivity index (χ3n) is 7.95. The molecular formula is C27H29F13N2O3. The van der Waals surface area contributed by atoms with Crippen LogP contribution in [0.3, 0.4) is 0 Å². The van der Waals surface area contributed by atoms with Gasteiger partial charge in [-0.15, -0.1) is 0 Å². The lowest BCUT2D eigenvalue weighted by atomic mass is 9.89. The molecule has 0 saturated carbocycles. The molecule has 1 aromatic carbocycles. The molecule has 5 nitrogen and oxygen atoms in total. The predicted octanol–water partition coefficient (Wildman–Crippen LogP) is 7.72. The Hall–Kier alpha value is -2.95. The highest BCUT2D eigenvalue weighted by Gasteiger charge is 2.90. The zero-order valence-electron chi connectivity index (χ0n) is 23.8. The van der Waals surface area contributed by atoms with Crippen LogP contribution in [0.2, 0.25) is 0 Å². The minimum atomic E-state index is -7.97. The van der Waals surface area contributed by atoms with Crippen LogP contribution >= 0.6 is 0 Å². The van der Waals surface area contributed by atoms with Crippen molar-refractivity contribution in [1.82, 2.24) is 9.80 Å². The van der Waals surface area contributed by atoms with E-state index < -0.39 is 66.2 Å². The van der Waals surface area contributed by atoms with E-state index in [1.54, 1.807) is 4.90 Å². The van der Waals surface area contributed by atoms with Crippen molar-refractivity contribution in [3.8, 4) is 0 Å². The fourth-order valence-electron chi connectivity index (χ4n) is 5.02. The van der Waals surface area contributed by atoms with E-state index in [0.717, 1.165) is 29.9 Å². The van der Waals surface area contributed by atoms with E-state index in [1.165, 1.54) is 0 Å². The molecule has 0 N–H and O–H groups in total. The van der Waals surface area contributed by atoms with E-state index in [0.29, 0.717) is 19.5 Å². The van der Waals surface area contributed by atoms with Crippen LogP contribution in [-0.4, -0.2) is 82.8 Å². The first-order valence-corrected chi connectivity index (χ1v) is 13.6. The Kier molecular flexibility index (Phi) is 9.74. The van der Waals surface area contributed by atoms with Gasteiger partial charge in [0.25, 0.3) is 0 Å². The van der Waals surface area contributed by atoms with Gasteiger partial charge in [0, 0.05) is 38.5 Å². The second kappa shape index (κ2) is 12.0. The van der Waals surface area contributed by atoms with Crippen LogP contribution < -0.4 is 0 Å². The Balaban J connectivity index is 1.58. The third kappa shape index (κ3) is 6.79. The molecule has 1 saturated heterocycles. The summed E-state index contributed by atoms with van der Waals surface area (Å²) in [5, 5.41) is 0. The van der Waals surface area contributed by atoms with Gasteiger partial charge in [0.2, 0.25) is 5.91 Å². The molecule has 256 valence electrons. The number of halogens is 13. The van der Waals surface area contributed by atoms with Crippen LogP contribution in [0.15, 0.2) is 24.3 Å². The molecule has 0 atom stereocenters. The zero-order valence-corrected chi connectivity index (χ0v) is 23.8. The van der Waals surface area contributed by atoms with Gasteiger partial charge in [0.15, 0.2) is 0 Å². The van der Waals surface area contributed by atoms with Gasteiger partial charge in [0.1, 0.15) is 5.60 Å². The maximum Gasteiger partial charge on any atom is 0.460 e. The molecule has 0 radical (unpaired) electrons. The van der Waals surface area contributed by atoms with E-state index in [9.17, 15) is 66.7 Å². The Labute approximate surface area is 248 Å². The van der Waals surface area contributed by atoms with E-state index in [2.05, 4.69) is 0 Å². The van der Waals surface area contributed by atoms with Crippen molar-refractivity contribution in [2.24, 2.45) is 5.92 Å². The number of nitrogens with zero attached hydrogens (tertiary/aromatic N) is 2. The normalized spacial score (nSPS) is 18.1. The van der Waals surface area contributed by atoms with Crippen LogP contribution in [-0.2, 0) is 22.5 Å². The smallest absolute Gasteiger partial charge is 0.443 e. The van der Waals surface area contributed by atoms with E-state index in [-0.39, 0.29) is 31.8 Å². The fraction of sp³-hybridized carbons (Fsp3) is 0.704. The second-order valence-electron chi connectivity index (χ2n) is 11.7. The summed E-state index contributed by atoms with van der Waals surface area (Å²) >= 11 is 0. The van der Waals surface area contributed by atoms with Crippen LogP contribution in [0.1, 0.15) is 50.7 Å². The summed E-state index contributed by atoms with van der Waals surface area (Å²) in [7, 11) is 0. The van der Waals surface area contributed by atoms with Crippen LogP contribution in [0.4, 0.5) is 61.9 Å². The highest BCUT2D eigenvalue weighted by atomic mass is 19.4. The quantitative estimate of drug-likeness (QED) is 0.252. The third-order valence-corrected chi connectivity index (χ3v) is 7.95. The standard InChI is InChI=1S/C27H29F13N2O3/c1-21(2,10-11-22(28,29)23(30,31)24(32,33)25(34,35)26(36,37)27(38,39)40)45-20(44)41-12-8-17(9-13-41)19(43)42-14-7-16-5-3-4-6-18(16)15-42/h3-6,17H,7-15H2,1-2H3. The molecule has 1 fully saturated rings. The average molecular weight is 677 g/mol. The zero-order chi connectivity index (χ0) is 34.4. The van der Waals surface area contributed by atoms with Crippen LogP contribution in [0.25, 0.3) is 0 Å². The second-order valence-corrected chi connectivity index (χ2v) is 11.7. The summed E-state index contributed by atoms with van der Waals surface area (Å²) in [6.45, 7) is 2.55. The van der Waals surface area contributed by atoms with Crippen molar-refractivity contribution in [2.75, 3.05) is 19.6 Å². The van der Waals surface area contributed by atoms with Gasteiger partial charge in [-0.2, -0.15) is 57.1 Å². The van der Waals surface area contributed by atoms with Gasteiger partial charge in [-0.25, -0.2) is 4.79 Å². The van der Waals surface area contributed by atoms with Gasteiger partial charge >= 0.3 is 41.9 Å². The summed E-state index contributed by atoms with van der Waals surface area (Å²) in [5.41, 5.74) is -0.0312. The molecule has 2 aliphatic heterocycles. The van der Waals surface area contributed by atoms with Gasteiger partial charge in [-0.3, -0.25) is 4.79 Å². The summed E-state index contributed by atoms with van der Waals surface area (Å²) < 4.78 is 179.